The maximum absolute atomic E-state index is 15.8. The molecule has 5 aromatic rings. The number of hydrogen-bond acceptors (Lipinski definition) is 7. The van der Waals surface area contributed by atoms with Crippen LogP contribution in [0.25, 0.3) is 27.7 Å². The van der Waals surface area contributed by atoms with Crippen LogP contribution in [0.4, 0.5) is 15.8 Å². The lowest BCUT2D eigenvalue weighted by Crippen LogP contribution is -2.37. The molecule has 0 spiro atoms. The third-order valence-electron chi connectivity index (χ3n) is 7.97. The van der Waals surface area contributed by atoms with Crippen molar-refractivity contribution in [2.24, 2.45) is 0 Å². The van der Waals surface area contributed by atoms with Crippen molar-refractivity contribution in [2.45, 2.75) is 6.42 Å². The summed E-state index contributed by atoms with van der Waals surface area (Å²) in [6.45, 7) is 4.56. The summed E-state index contributed by atoms with van der Waals surface area (Å²) in [4.78, 5) is 33.5. The van der Waals surface area contributed by atoms with E-state index in [2.05, 4.69) is 20.5 Å². The Bertz CT molecular complexity index is 1910. The van der Waals surface area contributed by atoms with Crippen molar-refractivity contribution < 1.29 is 18.7 Å². The number of nitrogens with one attached hydrogen (secondary N) is 2. The maximum Gasteiger partial charge on any atom is 0.261 e. The fourth-order valence-electron chi connectivity index (χ4n) is 5.73. The molecule has 9 nitrogen and oxygen atoms in total. The van der Waals surface area contributed by atoms with Crippen LogP contribution in [0, 0.1) is 5.82 Å². The van der Waals surface area contributed by atoms with E-state index < -0.39 is 17.2 Å². The predicted octanol–water partition coefficient (Wildman–Crippen LogP) is 5.68. The molecule has 0 atom stereocenters. The van der Waals surface area contributed by atoms with Gasteiger partial charge in [0.2, 0.25) is 5.43 Å². The Balaban J connectivity index is 1.32. The van der Waals surface area contributed by atoms with Crippen molar-refractivity contribution in [1.29, 1.82) is 0 Å². The summed E-state index contributed by atoms with van der Waals surface area (Å²) in [6, 6.07) is 20.0. The van der Waals surface area contributed by atoms with Gasteiger partial charge in [-0.25, -0.2) is 4.39 Å². The Hall–Kier alpha value is -5.06. The normalized spacial score (nSPS) is 14.1. The Kier molecular flexibility index (Phi) is 7.51. The Labute approximate surface area is 252 Å². The number of carbonyl (C=O) groups excluding carboxylic acids is 1. The average Bonchev–Trinajstić information content (AvgIpc) is 3.06. The van der Waals surface area contributed by atoms with Crippen molar-refractivity contribution in [3.05, 3.63) is 107 Å². The Morgan fingerprint density at radius 3 is 2.57 bits per heavy atom. The molecule has 0 aliphatic carbocycles. The summed E-state index contributed by atoms with van der Waals surface area (Å²) in [5, 5.41) is 6.03. The van der Waals surface area contributed by atoms with E-state index in [1.165, 1.54) is 12.3 Å². The molecule has 4 heterocycles. The van der Waals surface area contributed by atoms with E-state index in [0.29, 0.717) is 29.2 Å². The monoisotopic (exact) mass is 591 g/mol. The number of amides is 1. The number of ether oxygens (including phenoxy) is 2. The molecule has 44 heavy (non-hydrogen) atoms. The molecular formula is C34H30FN5O4. The fourth-order valence-corrected chi connectivity index (χ4v) is 5.73. The molecule has 2 aliphatic heterocycles. The Morgan fingerprint density at radius 2 is 1.77 bits per heavy atom. The van der Waals surface area contributed by atoms with Gasteiger partial charge in [0, 0.05) is 43.9 Å². The van der Waals surface area contributed by atoms with Crippen LogP contribution in [0.1, 0.15) is 16.8 Å². The lowest BCUT2D eigenvalue weighted by molar-refractivity contribution is 0.0378. The van der Waals surface area contributed by atoms with E-state index >= 15 is 4.39 Å². The number of pyridine rings is 2. The summed E-state index contributed by atoms with van der Waals surface area (Å²) < 4.78 is 29.3. The highest BCUT2D eigenvalue weighted by Crippen LogP contribution is 2.46. The summed E-state index contributed by atoms with van der Waals surface area (Å²) in [7, 11) is 0. The van der Waals surface area contributed by atoms with Gasteiger partial charge in [0.1, 0.15) is 16.8 Å². The number of carbonyl (C=O) groups is 1. The number of anilines is 2. The first-order chi connectivity index (χ1) is 21.6. The second-order valence-electron chi connectivity index (χ2n) is 10.8. The molecule has 1 fully saturated rings. The highest BCUT2D eigenvalue weighted by molar-refractivity contribution is 6.07. The number of morpholine rings is 1. The molecule has 7 rings (SSSR count). The molecule has 1 amide bonds. The van der Waals surface area contributed by atoms with E-state index in [1.54, 1.807) is 29.1 Å². The van der Waals surface area contributed by atoms with E-state index in [4.69, 9.17) is 9.47 Å². The highest BCUT2D eigenvalue weighted by Gasteiger charge is 2.29. The number of benzene rings is 3. The van der Waals surface area contributed by atoms with Crippen molar-refractivity contribution in [3.8, 4) is 28.3 Å². The van der Waals surface area contributed by atoms with Crippen molar-refractivity contribution in [1.82, 2.24) is 14.5 Å². The van der Waals surface area contributed by atoms with Crippen LogP contribution in [0.5, 0.6) is 11.5 Å². The van der Waals surface area contributed by atoms with Crippen LogP contribution < -0.4 is 20.8 Å². The van der Waals surface area contributed by atoms with E-state index in [9.17, 15) is 9.59 Å². The molecule has 3 aromatic carbocycles. The number of fused-ring (bicyclic) bond motifs is 2. The zero-order chi connectivity index (χ0) is 30.0. The van der Waals surface area contributed by atoms with Gasteiger partial charge in [0.15, 0.2) is 17.3 Å². The zero-order valence-electron chi connectivity index (χ0n) is 23.9. The second-order valence-corrected chi connectivity index (χ2v) is 10.8. The Morgan fingerprint density at radius 1 is 0.977 bits per heavy atom. The minimum absolute atomic E-state index is 0.0505. The molecular weight excluding hydrogens is 561 g/mol. The molecule has 0 saturated carbocycles. The lowest BCUT2D eigenvalue weighted by atomic mass is 10.0. The van der Waals surface area contributed by atoms with Crippen LogP contribution >= 0.6 is 0 Å². The third-order valence-corrected chi connectivity index (χ3v) is 7.97. The fraction of sp³-hybridized carbons (Fsp3) is 0.206. The van der Waals surface area contributed by atoms with E-state index in [1.807, 2.05) is 48.5 Å². The quantitative estimate of drug-likeness (QED) is 0.220. The summed E-state index contributed by atoms with van der Waals surface area (Å²) in [5.74, 6) is -0.543. The van der Waals surface area contributed by atoms with Gasteiger partial charge < -0.3 is 24.7 Å². The van der Waals surface area contributed by atoms with Gasteiger partial charge in [-0.3, -0.25) is 19.5 Å². The molecule has 0 unspecified atom stereocenters. The number of nitrogens with zero attached hydrogens (tertiary/aromatic N) is 3. The molecule has 0 bridgehead atoms. The average molecular weight is 592 g/mol. The minimum Gasteiger partial charge on any atom is -0.451 e. The number of rotatable bonds is 8. The van der Waals surface area contributed by atoms with Gasteiger partial charge in [-0.15, -0.1) is 0 Å². The van der Waals surface area contributed by atoms with Gasteiger partial charge >= 0.3 is 0 Å². The van der Waals surface area contributed by atoms with Gasteiger partial charge in [0.25, 0.3) is 5.91 Å². The first-order valence-electron chi connectivity index (χ1n) is 14.6. The molecule has 1 saturated heterocycles. The van der Waals surface area contributed by atoms with Crippen molar-refractivity contribution in [2.75, 3.05) is 50.0 Å². The van der Waals surface area contributed by atoms with Crippen molar-refractivity contribution in [3.63, 3.8) is 0 Å². The predicted molar refractivity (Wildman–Crippen MR) is 168 cm³/mol. The van der Waals surface area contributed by atoms with Gasteiger partial charge in [-0.05, 0) is 54.4 Å². The first-order valence-corrected chi connectivity index (χ1v) is 14.6. The summed E-state index contributed by atoms with van der Waals surface area (Å²) in [5.41, 5.74) is 2.90. The lowest BCUT2D eigenvalue weighted by Gasteiger charge is -2.28. The molecule has 2 N–H and O–H groups in total. The third kappa shape index (κ3) is 5.29. The minimum atomic E-state index is -0.626. The number of aromatic nitrogens is 2. The second kappa shape index (κ2) is 11.9. The first kappa shape index (κ1) is 27.8. The van der Waals surface area contributed by atoms with E-state index in [-0.39, 0.29) is 22.4 Å². The highest BCUT2D eigenvalue weighted by atomic mass is 19.1. The molecule has 0 radical (unpaired) electrons. The smallest absolute Gasteiger partial charge is 0.261 e. The molecule has 222 valence electrons. The van der Waals surface area contributed by atoms with Crippen LogP contribution in [-0.2, 0) is 4.74 Å². The van der Waals surface area contributed by atoms with Gasteiger partial charge in [-0.2, -0.15) is 0 Å². The summed E-state index contributed by atoms with van der Waals surface area (Å²) in [6.07, 6.45) is 5.39. The molecule has 2 aliphatic rings. The number of hydrogen-bond donors (Lipinski definition) is 2. The molecule has 2 aromatic heterocycles. The largest absolute Gasteiger partial charge is 0.451 e. The summed E-state index contributed by atoms with van der Waals surface area (Å²) >= 11 is 0. The van der Waals surface area contributed by atoms with Crippen LogP contribution in [0.15, 0.2) is 90.1 Å². The molecule has 10 heteroatoms. The standard InChI is InChI=1S/C34H30FN5O4/c35-27-20-25-31-33(30(27)37-11-4-14-39-15-17-43-18-16-39)44-29-8-7-23(22-5-2-1-3-6-22)19-28(29)40(31)21-26(32(25)41)34(42)38-24-9-12-36-13-10-24/h1-3,5-10,12-13,19-21,37H,4,11,14-18H2,(H,36,38,42). The topological polar surface area (TPSA) is 97.7 Å². The van der Waals surface area contributed by atoms with Crippen LogP contribution in [-0.4, -0.2) is 59.8 Å². The van der Waals surface area contributed by atoms with Crippen molar-refractivity contribution >= 4 is 28.2 Å². The van der Waals surface area contributed by atoms with Gasteiger partial charge in [0.05, 0.1) is 24.3 Å². The number of halogens is 1. The SMILES string of the molecule is O=C(Nc1ccncc1)c1cn2c3c(c(NCCCN4CCOCC4)c(F)cc3c1=O)Oc1ccc(-c3ccccc3)cc1-2. The van der Waals surface area contributed by atoms with E-state index in [0.717, 1.165) is 50.4 Å². The van der Waals surface area contributed by atoms with Crippen LogP contribution in [0.3, 0.4) is 0 Å². The maximum atomic E-state index is 15.8. The zero-order valence-corrected chi connectivity index (χ0v) is 23.9. The van der Waals surface area contributed by atoms with Crippen LogP contribution in [0.2, 0.25) is 0 Å². The van der Waals surface area contributed by atoms with Gasteiger partial charge in [-0.1, -0.05) is 36.4 Å².